The Morgan fingerprint density at radius 2 is 2.04 bits per heavy atom. The Hall–Kier alpha value is -1.45. The zero-order valence-corrected chi connectivity index (χ0v) is 14.5. The molecule has 0 radical (unpaired) electrons. The van der Waals surface area contributed by atoms with Crippen LogP contribution in [0.2, 0.25) is 0 Å². The van der Waals surface area contributed by atoms with Gasteiger partial charge in [-0.2, -0.15) is 11.8 Å². The number of nitrogens with one attached hydrogen (secondary N) is 3. The van der Waals surface area contributed by atoms with Gasteiger partial charge >= 0.3 is 0 Å². The van der Waals surface area contributed by atoms with Crippen LogP contribution in [0.3, 0.4) is 0 Å². The normalized spacial score (nSPS) is 11.1. The van der Waals surface area contributed by atoms with Crippen LogP contribution in [-0.4, -0.2) is 49.6 Å². The van der Waals surface area contributed by atoms with Crippen molar-refractivity contribution in [2.45, 2.75) is 26.2 Å². The van der Waals surface area contributed by atoms with Crippen LogP contribution in [0.15, 0.2) is 11.9 Å². The number of ether oxygens (including phenoxy) is 1. The lowest BCUT2D eigenvalue weighted by molar-refractivity contribution is -0.121. The molecule has 2 amide bonds. The van der Waals surface area contributed by atoms with Crippen LogP contribution >= 0.6 is 11.8 Å². The molecule has 0 aromatic heterocycles. The van der Waals surface area contributed by atoms with Gasteiger partial charge in [0.05, 0.1) is 18.9 Å². The monoisotopic (exact) mass is 347 g/mol. The molecule has 0 aliphatic carbocycles. The summed E-state index contributed by atoms with van der Waals surface area (Å²) in [6.07, 6.45) is 3.65. The Balaban J connectivity index is 3.56. The zero-order valence-electron chi connectivity index (χ0n) is 13.7. The van der Waals surface area contributed by atoms with E-state index in [2.05, 4.69) is 16.1 Å². The molecule has 7 N–H and O–H groups in total. The number of hydrazine groups is 1. The minimum atomic E-state index is -0.258. The molecule has 0 saturated carbocycles. The molecule has 0 aromatic rings. The molecular formula is C14H29N5O3S. The van der Waals surface area contributed by atoms with Gasteiger partial charge in [0.15, 0.2) is 0 Å². The van der Waals surface area contributed by atoms with Gasteiger partial charge in [-0.05, 0) is 12.2 Å². The zero-order chi connectivity index (χ0) is 17.3. The number of primary amides is 1. The van der Waals surface area contributed by atoms with E-state index in [1.807, 2.05) is 0 Å². The maximum atomic E-state index is 11.0. The number of amides is 2. The van der Waals surface area contributed by atoms with Crippen LogP contribution in [0.25, 0.3) is 0 Å². The van der Waals surface area contributed by atoms with Crippen LogP contribution in [0, 0.1) is 0 Å². The molecule has 0 atom stereocenters. The number of hydrogen-bond acceptors (Lipinski definition) is 7. The fourth-order valence-corrected chi connectivity index (χ4v) is 2.34. The van der Waals surface area contributed by atoms with Crippen molar-refractivity contribution in [1.82, 2.24) is 16.1 Å². The number of carbonyl (C=O) groups excluding carboxylic acids is 2. The second-order valence-electron chi connectivity index (χ2n) is 4.71. The Labute approximate surface area is 142 Å². The summed E-state index contributed by atoms with van der Waals surface area (Å²) in [6.45, 7) is 3.87. The second-order valence-corrected chi connectivity index (χ2v) is 5.93. The summed E-state index contributed by atoms with van der Waals surface area (Å²) in [7, 11) is 0. The van der Waals surface area contributed by atoms with Gasteiger partial charge in [-0.1, -0.05) is 6.92 Å². The lowest BCUT2D eigenvalue weighted by atomic mass is 10.4. The van der Waals surface area contributed by atoms with E-state index in [-0.39, 0.29) is 11.8 Å². The lowest BCUT2D eigenvalue weighted by Crippen LogP contribution is -2.29. The summed E-state index contributed by atoms with van der Waals surface area (Å²) in [5.41, 5.74) is 8.36. The molecule has 23 heavy (non-hydrogen) atoms. The summed E-state index contributed by atoms with van der Waals surface area (Å²) < 4.78 is 5.40. The predicted molar refractivity (Wildman–Crippen MR) is 93.3 cm³/mol. The molecule has 0 saturated heterocycles. The number of thioether (sulfide) groups is 1. The molecule has 9 heteroatoms. The Bertz CT molecular complexity index is 366. The molecule has 0 aromatic carbocycles. The SMILES string of the molecule is CCC(=O)NCCOCC(=CNCCCSCCC(N)=O)NN. The van der Waals surface area contributed by atoms with Crippen molar-refractivity contribution in [3.8, 4) is 0 Å². The number of rotatable bonds is 15. The van der Waals surface area contributed by atoms with Gasteiger partial charge in [-0.15, -0.1) is 0 Å². The van der Waals surface area contributed by atoms with Gasteiger partial charge < -0.3 is 26.5 Å². The fourth-order valence-electron chi connectivity index (χ4n) is 1.44. The minimum absolute atomic E-state index is 0.0108. The third kappa shape index (κ3) is 15.2. The first-order chi connectivity index (χ1) is 11.1. The van der Waals surface area contributed by atoms with E-state index in [1.165, 1.54) is 0 Å². The van der Waals surface area contributed by atoms with E-state index in [4.69, 9.17) is 16.3 Å². The van der Waals surface area contributed by atoms with Gasteiger partial charge in [-0.25, -0.2) is 0 Å². The molecule has 134 valence electrons. The Morgan fingerprint density at radius 3 is 2.70 bits per heavy atom. The van der Waals surface area contributed by atoms with Gasteiger partial charge in [0.1, 0.15) is 0 Å². The number of hydrogen-bond donors (Lipinski definition) is 5. The Morgan fingerprint density at radius 1 is 1.26 bits per heavy atom. The highest BCUT2D eigenvalue weighted by molar-refractivity contribution is 7.99. The standard InChI is InChI=1S/C14H29N5O3S/c1-2-14(21)18-6-7-22-11-12(19-16)10-17-5-3-8-23-9-4-13(15)20/h10,17,19H,2-9,11,16H2,1H3,(H2,15,20)(H,18,21). The van der Waals surface area contributed by atoms with E-state index in [9.17, 15) is 9.59 Å². The lowest BCUT2D eigenvalue weighted by Gasteiger charge is -2.09. The molecule has 0 aliphatic rings. The third-order valence-electron chi connectivity index (χ3n) is 2.71. The van der Waals surface area contributed by atoms with Crippen molar-refractivity contribution in [3.63, 3.8) is 0 Å². The van der Waals surface area contributed by atoms with Gasteiger partial charge in [0.25, 0.3) is 0 Å². The second kappa shape index (κ2) is 15.4. The largest absolute Gasteiger partial charge is 0.389 e. The summed E-state index contributed by atoms with van der Waals surface area (Å²) in [4.78, 5) is 21.6. The first-order valence-electron chi connectivity index (χ1n) is 7.69. The van der Waals surface area contributed by atoms with Crippen LogP contribution in [-0.2, 0) is 14.3 Å². The van der Waals surface area contributed by atoms with Crippen LogP contribution in [0.4, 0.5) is 0 Å². The highest BCUT2D eigenvalue weighted by Crippen LogP contribution is 2.03. The number of carbonyl (C=O) groups is 2. The van der Waals surface area contributed by atoms with Gasteiger partial charge in [0, 0.05) is 37.9 Å². The van der Waals surface area contributed by atoms with E-state index < -0.39 is 0 Å². The predicted octanol–water partition coefficient (Wildman–Crippen LogP) is -0.578. The first kappa shape index (κ1) is 21.6. The Kier molecular flexibility index (Phi) is 14.5. The van der Waals surface area contributed by atoms with Crippen molar-refractivity contribution >= 4 is 23.6 Å². The molecule has 8 nitrogen and oxygen atoms in total. The average molecular weight is 347 g/mol. The smallest absolute Gasteiger partial charge is 0.219 e. The highest BCUT2D eigenvalue weighted by Gasteiger charge is 1.98. The summed E-state index contributed by atoms with van der Waals surface area (Å²) >= 11 is 1.71. The van der Waals surface area contributed by atoms with E-state index in [1.54, 1.807) is 24.9 Å². The minimum Gasteiger partial charge on any atom is -0.389 e. The average Bonchev–Trinajstić information content (AvgIpc) is 2.54. The summed E-state index contributed by atoms with van der Waals surface area (Å²) in [6, 6.07) is 0. The van der Waals surface area contributed by atoms with Gasteiger partial charge in [-0.3, -0.25) is 15.4 Å². The van der Waals surface area contributed by atoms with Crippen molar-refractivity contribution in [2.75, 3.05) is 37.8 Å². The first-order valence-corrected chi connectivity index (χ1v) is 8.85. The highest BCUT2D eigenvalue weighted by atomic mass is 32.2. The van der Waals surface area contributed by atoms with Crippen LogP contribution in [0.1, 0.15) is 26.2 Å². The molecule has 0 unspecified atom stereocenters. The topological polar surface area (TPSA) is 132 Å². The molecule has 0 bridgehead atoms. The van der Waals surface area contributed by atoms with Crippen LogP contribution < -0.4 is 27.6 Å². The maximum absolute atomic E-state index is 11.0. The molecule has 0 rings (SSSR count). The summed E-state index contributed by atoms with van der Waals surface area (Å²) in [5.74, 6) is 6.90. The molecule has 0 fully saturated rings. The quantitative estimate of drug-likeness (QED) is 0.152. The molecular weight excluding hydrogens is 318 g/mol. The van der Waals surface area contributed by atoms with Crippen molar-refractivity contribution < 1.29 is 14.3 Å². The molecule has 0 heterocycles. The maximum Gasteiger partial charge on any atom is 0.219 e. The molecule has 0 spiro atoms. The van der Waals surface area contributed by atoms with Crippen molar-refractivity contribution in [2.24, 2.45) is 11.6 Å². The summed E-state index contributed by atoms with van der Waals surface area (Å²) in [5, 5.41) is 5.87. The van der Waals surface area contributed by atoms with E-state index >= 15 is 0 Å². The molecule has 0 aliphatic heterocycles. The van der Waals surface area contributed by atoms with Crippen molar-refractivity contribution in [1.29, 1.82) is 0 Å². The van der Waals surface area contributed by atoms with Crippen LogP contribution in [0.5, 0.6) is 0 Å². The third-order valence-corrected chi connectivity index (χ3v) is 3.78. The fraction of sp³-hybridized carbons (Fsp3) is 0.714. The van der Waals surface area contributed by atoms with E-state index in [0.717, 1.165) is 30.2 Å². The number of nitrogens with two attached hydrogens (primary N) is 2. The van der Waals surface area contributed by atoms with Gasteiger partial charge in [0.2, 0.25) is 11.8 Å². The van der Waals surface area contributed by atoms with E-state index in [0.29, 0.717) is 32.6 Å². The van der Waals surface area contributed by atoms with Crippen molar-refractivity contribution in [3.05, 3.63) is 11.9 Å².